The maximum Gasteiger partial charge on any atom is 0.303 e. The second kappa shape index (κ2) is 10.1. The van der Waals surface area contributed by atoms with E-state index in [1.54, 1.807) is 24.3 Å². The van der Waals surface area contributed by atoms with Crippen LogP contribution in [0.2, 0.25) is 0 Å². The molecule has 0 bridgehead atoms. The van der Waals surface area contributed by atoms with Crippen molar-refractivity contribution in [1.29, 1.82) is 0 Å². The number of carbonyl (C=O) groups excluding carboxylic acids is 4. The van der Waals surface area contributed by atoms with Gasteiger partial charge in [0.1, 0.15) is 12.7 Å². The minimum atomic E-state index is -1.34. The normalized spacial score (nSPS) is 24.7. The first kappa shape index (κ1) is 24.4. The quantitative estimate of drug-likeness (QED) is 0.439. The first-order chi connectivity index (χ1) is 15.6. The van der Waals surface area contributed by atoms with E-state index in [9.17, 15) is 24.0 Å². The Bertz CT molecular complexity index is 1120. The van der Waals surface area contributed by atoms with Crippen LogP contribution in [0.1, 0.15) is 33.9 Å². The van der Waals surface area contributed by atoms with Crippen molar-refractivity contribution in [2.45, 2.75) is 58.3 Å². The predicted octanol–water partition coefficient (Wildman–Crippen LogP) is 1.32. The molecule has 1 fully saturated rings. The smallest absolute Gasteiger partial charge is 0.303 e. The van der Waals surface area contributed by atoms with Crippen molar-refractivity contribution in [3.63, 3.8) is 0 Å². The van der Waals surface area contributed by atoms with Gasteiger partial charge in [-0.3, -0.25) is 24.0 Å². The van der Waals surface area contributed by atoms with Crippen molar-refractivity contribution in [3.05, 3.63) is 34.6 Å². The molecule has 0 amide bonds. The molecule has 3 rings (SSSR count). The molecule has 11 nitrogen and oxygen atoms in total. The van der Waals surface area contributed by atoms with E-state index >= 15 is 0 Å². The summed E-state index contributed by atoms with van der Waals surface area (Å²) in [5, 5.41) is 0.412. The topological polar surface area (TPSA) is 136 Å². The first-order valence-corrected chi connectivity index (χ1v) is 10.8. The molecule has 1 saturated heterocycles. The summed E-state index contributed by atoms with van der Waals surface area (Å²) in [7, 11) is 0. The van der Waals surface area contributed by atoms with E-state index in [4.69, 9.17) is 23.7 Å². The number of fused-ring (bicyclic) bond motifs is 1. The molecule has 1 aliphatic heterocycles. The fourth-order valence-corrected chi connectivity index (χ4v) is 4.61. The molecule has 1 aliphatic rings. The zero-order chi connectivity index (χ0) is 24.3. The molecule has 0 radical (unpaired) electrons. The minimum Gasteiger partial charge on any atom is -0.463 e. The van der Waals surface area contributed by atoms with E-state index in [-0.39, 0.29) is 6.61 Å². The third kappa shape index (κ3) is 5.57. The molecule has 5 unspecified atom stereocenters. The molecule has 5 atom stereocenters. The number of aromatic nitrogens is 1. The summed E-state index contributed by atoms with van der Waals surface area (Å²) >= 11 is 1.06. The van der Waals surface area contributed by atoms with E-state index in [1.807, 2.05) is 0 Å². The van der Waals surface area contributed by atoms with Crippen LogP contribution in [-0.4, -0.2) is 58.9 Å². The lowest BCUT2D eigenvalue weighted by atomic mass is 9.97. The Hall–Kier alpha value is -3.25. The van der Waals surface area contributed by atoms with Gasteiger partial charge < -0.3 is 23.7 Å². The van der Waals surface area contributed by atoms with Gasteiger partial charge in [0, 0.05) is 27.7 Å². The number of esters is 4. The molecule has 0 aliphatic carbocycles. The Morgan fingerprint density at radius 3 is 2.03 bits per heavy atom. The van der Waals surface area contributed by atoms with Crippen molar-refractivity contribution >= 4 is 45.5 Å². The van der Waals surface area contributed by atoms with Gasteiger partial charge in [-0.25, -0.2) is 3.96 Å². The van der Waals surface area contributed by atoms with E-state index in [0.717, 1.165) is 32.3 Å². The largest absolute Gasteiger partial charge is 0.463 e. The van der Waals surface area contributed by atoms with Crippen LogP contribution < -0.4 is 5.56 Å². The molecule has 0 saturated carbocycles. The highest BCUT2D eigenvalue weighted by Crippen LogP contribution is 2.36. The van der Waals surface area contributed by atoms with Crippen LogP contribution in [0.5, 0.6) is 0 Å². The molecule has 2 aromatic rings. The monoisotopic (exact) mass is 481 g/mol. The predicted molar refractivity (Wildman–Crippen MR) is 113 cm³/mol. The van der Waals surface area contributed by atoms with E-state index in [2.05, 4.69) is 0 Å². The molecule has 33 heavy (non-hydrogen) atoms. The van der Waals surface area contributed by atoms with E-state index in [0.29, 0.717) is 10.1 Å². The van der Waals surface area contributed by atoms with Crippen molar-refractivity contribution in [2.24, 2.45) is 0 Å². The fraction of sp³-hybridized carbons (Fsp3) is 0.476. The molecule has 12 heteroatoms. The summed E-state index contributed by atoms with van der Waals surface area (Å²) < 4.78 is 29.1. The molecule has 0 spiro atoms. The number of hydrogen-bond donors (Lipinski definition) is 0. The standard InChI is InChI=1S/C21H23NO10S/c1-10(23)28-9-15-17(29-11(2)24)18(30-12(3)25)19(31-13(4)26)21(32-15)22-20(27)14-7-5-6-8-16(14)33-22/h5-8,15,17-19,21H,9H2,1-4H3. The number of ether oxygens (including phenoxy) is 5. The number of hydrogen-bond acceptors (Lipinski definition) is 11. The van der Waals surface area contributed by atoms with Crippen LogP contribution in [0.15, 0.2) is 29.1 Å². The summed E-state index contributed by atoms with van der Waals surface area (Å²) in [6, 6.07) is 6.84. The van der Waals surface area contributed by atoms with Crippen molar-refractivity contribution < 1.29 is 42.9 Å². The lowest BCUT2D eigenvalue weighted by molar-refractivity contribution is -0.267. The summed E-state index contributed by atoms with van der Waals surface area (Å²) in [5.41, 5.74) is -0.420. The molecule has 1 aromatic heterocycles. The molecule has 2 heterocycles. The highest BCUT2D eigenvalue weighted by Gasteiger charge is 2.53. The van der Waals surface area contributed by atoms with Gasteiger partial charge in [-0.2, -0.15) is 0 Å². The van der Waals surface area contributed by atoms with Crippen LogP contribution in [-0.2, 0) is 42.9 Å². The Labute approximate surface area is 192 Å². The molecule has 0 N–H and O–H groups in total. The van der Waals surface area contributed by atoms with Crippen LogP contribution >= 0.6 is 11.5 Å². The summed E-state index contributed by atoms with van der Waals surface area (Å²) in [4.78, 5) is 60.1. The zero-order valence-electron chi connectivity index (χ0n) is 18.3. The number of rotatable bonds is 6. The minimum absolute atomic E-state index is 0.367. The third-order valence-electron chi connectivity index (χ3n) is 4.71. The molecule has 178 valence electrons. The Morgan fingerprint density at radius 1 is 0.879 bits per heavy atom. The van der Waals surface area contributed by atoms with Crippen molar-refractivity contribution in [2.75, 3.05) is 6.61 Å². The highest BCUT2D eigenvalue weighted by atomic mass is 32.1. The van der Waals surface area contributed by atoms with Crippen LogP contribution in [0.25, 0.3) is 10.1 Å². The van der Waals surface area contributed by atoms with Gasteiger partial charge in [0.25, 0.3) is 5.56 Å². The number of carbonyl (C=O) groups is 4. The first-order valence-electron chi connectivity index (χ1n) is 9.99. The Morgan fingerprint density at radius 2 is 1.45 bits per heavy atom. The zero-order valence-corrected chi connectivity index (χ0v) is 19.2. The van der Waals surface area contributed by atoms with E-state index in [1.165, 1.54) is 10.9 Å². The summed E-state index contributed by atoms with van der Waals surface area (Å²) in [5.74, 6) is -2.83. The van der Waals surface area contributed by atoms with Crippen LogP contribution in [0.3, 0.4) is 0 Å². The Balaban J connectivity index is 2.13. The average molecular weight is 481 g/mol. The maximum atomic E-state index is 13.1. The van der Waals surface area contributed by atoms with Gasteiger partial charge >= 0.3 is 23.9 Å². The second-order valence-corrected chi connectivity index (χ2v) is 8.32. The SMILES string of the molecule is CC(=O)OCC1OC(n2sc3ccccc3c2=O)C(OC(C)=O)C(OC(C)=O)C1OC(C)=O. The fourth-order valence-electron chi connectivity index (χ4n) is 3.55. The van der Waals surface area contributed by atoms with Gasteiger partial charge in [-0.05, 0) is 12.1 Å². The van der Waals surface area contributed by atoms with Gasteiger partial charge in [-0.1, -0.05) is 23.7 Å². The maximum absolute atomic E-state index is 13.1. The molecular formula is C21H23NO10S. The lowest BCUT2D eigenvalue weighted by Crippen LogP contribution is -2.61. The lowest BCUT2D eigenvalue weighted by Gasteiger charge is -2.44. The molecular weight excluding hydrogens is 458 g/mol. The Kier molecular flexibility index (Phi) is 7.49. The second-order valence-electron chi connectivity index (χ2n) is 7.31. The third-order valence-corrected chi connectivity index (χ3v) is 5.83. The van der Waals surface area contributed by atoms with Gasteiger partial charge in [0.2, 0.25) is 0 Å². The highest BCUT2D eigenvalue weighted by molar-refractivity contribution is 7.13. The van der Waals surface area contributed by atoms with Crippen LogP contribution in [0.4, 0.5) is 0 Å². The van der Waals surface area contributed by atoms with Crippen molar-refractivity contribution in [1.82, 2.24) is 3.96 Å². The average Bonchev–Trinajstić information content (AvgIpc) is 3.05. The van der Waals surface area contributed by atoms with Crippen LogP contribution in [0, 0.1) is 0 Å². The molecule has 1 aromatic carbocycles. The summed E-state index contributed by atoms with van der Waals surface area (Å²) in [6.45, 7) is 4.22. The van der Waals surface area contributed by atoms with Gasteiger partial charge in [-0.15, -0.1) is 0 Å². The van der Waals surface area contributed by atoms with Gasteiger partial charge in [0.15, 0.2) is 24.5 Å². The number of benzene rings is 1. The van der Waals surface area contributed by atoms with E-state index < -0.39 is 60.1 Å². The van der Waals surface area contributed by atoms with Gasteiger partial charge in [0.05, 0.1) is 10.1 Å². The van der Waals surface area contributed by atoms with Crippen molar-refractivity contribution in [3.8, 4) is 0 Å². The summed E-state index contributed by atoms with van der Waals surface area (Å²) in [6.07, 6.45) is -6.34. The number of nitrogens with zero attached hydrogens (tertiary/aromatic N) is 1.